The van der Waals surface area contributed by atoms with Gasteiger partial charge < -0.3 is 5.11 Å². The molecule has 1 heterocycles. The number of carboxylic acids is 1. The molecule has 0 atom stereocenters. The zero-order valence-electron chi connectivity index (χ0n) is 5.79. The van der Waals surface area contributed by atoms with Gasteiger partial charge in [0.25, 0.3) is 0 Å². The van der Waals surface area contributed by atoms with Crippen molar-refractivity contribution in [3.05, 3.63) is 15.6 Å². The van der Waals surface area contributed by atoms with Crippen molar-refractivity contribution in [2.24, 2.45) is 0 Å². The van der Waals surface area contributed by atoms with E-state index in [0.29, 0.717) is 10.7 Å². The van der Waals surface area contributed by atoms with Gasteiger partial charge in [0.1, 0.15) is 4.88 Å². The van der Waals surface area contributed by atoms with Crippen LogP contribution in [0.3, 0.4) is 0 Å². The van der Waals surface area contributed by atoms with Crippen LogP contribution in [0, 0.1) is 19.3 Å². The highest BCUT2D eigenvalue weighted by atomic mass is 32.1. The van der Waals surface area contributed by atoms with E-state index < -0.39 is 5.97 Å². The molecular formula is C7H5NO2S. The number of carboxylic acid groups (broad SMARTS) is 1. The fourth-order valence-electron chi connectivity index (χ4n) is 0.657. The van der Waals surface area contributed by atoms with E-state index in [-0.39, 0.29) is 4.88 Å². The van der Waals surface area contributed by atoms with Gasteiger partial charge in [-0.2, -0.15) is 0 Å². The Labute approximate surface area is 67.7 Å². The Morgan fingerprint density at radius 3 is 2.73 bits per heavy atom. The molecule has 4 heteroatoms. The van der Waals surface area contributed by atoms with Gasteiger partial charge in [-0.3, -0.25) is 0 Å². The third kappa shape index (κ3) is 1.38. The molecule has 0 radical (unpaired) electrons. The molecule has 0 bridgehead atoms. The normalized spacial score (nSPS) is 9.09. The highest BCUT2D eigenvalue weighted by molar-refractivity contribution is 7.14. The average Bonchev–Trinajstić information content (AvgIpc) is 2.30. The van der Waals surface area contributed by atoms with Crippen LogP contribution < -0.4 is 0 Å². The van der Waals surface area contributed by atoms with E-state index in [9.17, 15) is 4.79 Å². The summed E-state index contributed by atoms with van der Waals surface area (Å²) in [6, 6.07) is 0. The minimum Gasteiger partial charge on any atom is -0.477 e. The van der Waals surface area contributed by atoms with Crippen molar-refractivity contribution in [2.75, 3.05) is 0 Å². The standard InChI is InChI=1S/C7H5NO2S/c1-3-5-8-4(2)6(11-5)7(9)10/h1H,2H3,(H,9,10). The van der Waals surface area contributed by atoms with Gasteiger partial charge in [0, 0.05) is 0 Å². The summed E-state index contributed by atoms with van der Waals surface area (Å²) < 4.78 is 0. The first-order valence-corrected chi connectivity index (χ1v) is 3.64. The van der Waals surface area contributed by atoms with Crippen molar-refractivity contribution < 1.29 is 9.90 Å². The first kappa shape index (κ1) is 7.76. The summed E-state index contributed by atoms with van der Waals surface area (Å²) in [4.78, 5) is 14.5. The molecule has 0 saturated heterocycles. The number of terminal acetylenes is 1. The quantitative estimate of drug-likeness (QED) is 0.638. The molecular weight excluding hydrogens is 162 g/mol. The van der Waals surface area contributed by atoms with Gasteiger partial charge in [0.2, 0.25) is 0 Å². The maximum absolute atomic E-state index is 10.5. The number of thiazole rings is 1. The van der Waals surface area contributed by atoms with Gasteiger partial charge in [0.15, 0.2) is 5.01 Å². The van der Waals surface area contributed by atoms with Crippen molar-refractivity contribution in [2.45, 2.75) is 6.92 Å². The van der Waals surface area contributed by atoms with E-state index >= 15 is 0 Å². The Balaban J connectivity index is 3.20. The Morgan fingerprint density at radius 1 is 1.82 bits per heavy atom. The summed E-state index contributed by atoms with van der Waals surface area (Å²) >= 11 is 1.02. The molecule has 0 unspecified atom stereocenters. The number of hydrogen-bond acceptors (Lipinski definition) is 3. The molecule has 56 valence electrons. The van der Waals surface area contributed by atoms with Crippen LogP contribution in [0.1, 0.15) is 20.4 Å². The lowest BCUT2D eigenvalue weighted by molar-refractivity contribution is 0.0701. The molecule has 0 amide bonds. The predicted octanol–water partition coefficient (Wildman–Crippen LogP) is 1.13. The maximum atomic E-state index is 10.5. The Hall–Kier alpha value is -1.34. The Kier molecular flexibility index (Phi) is 1.92. The minimum atomic E-state index is -0.971. The molecule has 1 rings (SSSR count). The summed E-state index contributed by atoms with van der Waals surface area (Å²) in [6.45, 7) is 1.63. The van der Waals surface area contributed by atoms with Crippen LogP contribution in [0.5, 0.6) is 0 Å². The van der Waals surface area contributed by atoms with Gasteiger partial charge in [0.05, 0.1) is 5.69 Å². The molecule has 1 aromatic rings. The molecule has 0 spiro atoms. The number of carbonyl (C=O) groups is 1. The first-order valence-electron chi connectivity index (χ1n) is 2.82. The lowest BCUT2D eigenvalue weighted by Crippen LogP contribution is -1.94. The summed E-state index contributed by atoms with van der Waals surface area (Å²) in [6.07, 6.45) is 5.04. The average molecular weight is 167 g/mol. The van der Waals surface area contributed by atoms with Crippen molar-refractivity contribution in [3.63, 3.8) is 0 Å². The van der Waals surface area contributed by atoms with Crippen LogP contribution in [0.2, 0.25) is 0 Å². The van der Waals surface area contributed by atoms with E-state index in [4.69, 9.17) is 11.5 Å². The lowest BCUT2D eigenvalue weighted by Gasteiger charge is -1.84. The topological polar surface area (TPSA) is 50.2 Å². The zero-order valence-corrected chi connectivity index (χ0v) is 6.60. The fraction of sp³-hybridized carbons (Fsp3) is 0.143. The van der Waals surface area contributed by atoms with Crippen LogP contribution in [-0.4, -0.2) is 16.1 Å². The summed E-state index contributed by atoms with van der Waals surface area (Å²) in [7, 11) is 0. The zero-order chi connectivity index (χ0) is 8.43. The second-order valence-corrected chi connectivity index (χ2v) is 2.88. The highest BCUT2D eigenvalue weighted by Crippen LogP contribution is 2.16. The van der Waals surface area contributed by atoms with E-state index in [0.717, 1.165) is 11.3 Å². The molecule has 0 aliphatic heterocycles. The molecule has 1 N–H and O–H groups in total. The van der Waals surface area contributed by atoms with E-state index in [1.54, 1.807) is 6.92 Å². The molecule has 0 saturated carbocycles. The fourth-order valence-corrected chi connectivity index (χ4v) is 1.37. The molecule has 0 aliphatic rings. The van der Waals surface area contributed by atoms with E-state index in [2.05, 4.69) is 10.9 Å². The van der Waals surface area contributed by atoms with Gasteiger partial charge in [-0.25, -0.2) is 9.78 Å². The van der Waals surface area contributed by atoms with Crippen LogP contribution in [-0.2, 0) is 0 Å². The van der Waals surface area contributed by atoms with Gasteiger partial charge in [-0.15, -0.1) is 6.42 Å². The lowest BCUT2D eigenvalue weighted by atomic mass is 10.4. The largest absolute Gasteiger partial charge is 0.477 e. The number of hydrogen-bond donors (Lipinski definition) is 1. The molecule has 3 nitrogen and oxygen atoms in total. The minimum absolute atomic E-state index is 0.220. The Morgan fingerprint density at radius 2 is 2.45 bits per heavy atom. The summed E-state index contributed by atoms with van der Waals surface area (Å²) in [5, 5.41) is 8.99. The van der Waals surface area contributed by atoms with Gasteiger partial charge in [-0.1, -0.05) is 11.3 Å². The van der Waals surface area contributed by atoms with Crippen molar-refractivity contribution >= 4 is 17.3 Å². The van der Waals surface area contributed by atoms with Crippen LogP contribution in [0.4, 0.5) is 0 Å². The van der Waals surface area contributed by atoms with Gasteiger partial charge in [-0.05, 0) is 12.8 Å². The third-order valence-corrected chi connectivity index (χ3v) is 2.19. The number of aromatic nitrogens is 1. The third-order valence-electron chi connectivity index (χ3n) is 1.11. The summed E-state index contributed by atoms with van der Waals surface area (Å²) in [5.74, 6) is 1.32. The number of aromatic carboxylic acids is 1. The molecule has 11 heavy (non-hydrogen) atoms. The number of aryl methyl sites for hydroxylation is 1. The maximum Gasteiger partial charge on any atom is 0.347 e. The smallest absolute Gasteiger partial charge is 0.347 e. The van der Waals surface area contributed by atoms with Crippen LogP contribution in [0.15, 0.2) is 0 Å². The van der Waals surface area contributed by atoms with Crippen LogP contribution >= 0.6 is 11.3 Å². The number of rotatable bonds is 1. The van der Waals surface area contributed by atoms with E-state index in [1.807, 2.05) is 0 Å². The van der Waals surface area contributed by atoms with Crippen molar-refractivity contribution in [1.29, 1.82) is 0 Å². The second-order valence-electron chi connectivity index (χ2n) is 1.88. The molecule has 0 aromatic carbocycles. The first-order chi connectivity index (χ1) is 5.15. The second kappa shape index (κ2) is 2.72. The monoisotopic (exact) mass is 167 g/mol. The summed E-state index contributed by atoms with van der Waals surface area (Å²) in [5.41, 5.74) is 0.482. The molecule has 0 fully saturated rings. The SMILES string of the molecule is C#Cc1nc(C)c(C(=O)O)s1. The van der Waals surface area contributed by atoms with E-state index in [1.165, 1.54) is 0 Å². The molecule has 0 aliphatic carbocycles. The van der Waals surface area contributed by atoms with Crippen molar-refractivity contribution in [1.82, 2.24) is 4.98 Å². The molecule has 1 aromatic heterocycles. The Bertz CT molecular complexity index is 335. The number of nitrogens with zero attached hydrogens (tertiary/aromatic N) is 1. The van der Waals surface area contributed by atoms with Crippen molar-refractivity contribution in [3.8, 4) is 12.3 Å². The van der Waals surface area contributed by atoms with Crippen LogP contribution in [0.25, 0.3) is 0 Å². The predicted molar refractivity (Wildman–Crippen MR) is 41.7 cm³/mol. The van der Waals surface area contributed by atoms with Gasteiger partial charge >= 0.3 is 5.97 Å². The highest BCUT2D eigenvalue weighted by Gasteiger charge is 2.11.